The van der Waals surface area contributed by atoms with Gasteiger partial charge in [-0.05, 0) is 55.0 Å². The number of piperazine rings is 1. The van der Waals surface area contributed by atoms with Crippen LogP contribution in [0.4, 0.5) is 5.69 Å². The van der Waals surface area contributed by atoms with Crippen LogP contribution in [-0.2, 0) is 6.54 Å². The van der Waals surface area contributed by atoms with E-state index in [4.69, 9.17) is 23.5 Å². The third-order valence-corrected chi connectivity index (χ3v) is 7.04. The van der Waals surface area contributed by atoms with Gasteiger partial charge in [-0.2, -0.15) is 0 Å². The Kier molecular flexibility index (Phi) is 5.29. The van der Waals surface area contributed by atoms with Gasteiger partial charge in [0.1, 0.15) is 5.69 Å². The number of fused-ring (bicyclic) bond motifs is 2. The van der Waals surface area contributed by atoms with Gasteiger partial charge in [-0.1, -0.05) is 5.24 Å². The molecule has 4 heterocycles. The lowest BCUT2D eigenvalue weighted by atomic mass is 9.49. The number of carbonyl (C=O) groups is 1. The zero-order valence-corrected chi connectivity index (χ0v) is 19.3. The summed E-state index contributed by atoms with van der Waals surface area (Å²) >= 11 is 0. The summed E-state index contributed by atoms with van der Waals surface area (Å²) in [6.45, 7) is 2.55. The first-order valence-electron chi connectivity index (χ1n) is 11.9. The predicted molar refractivity (Wildman–Crippen MR) is 136 cm³/mol. The van der Waals surface area contributed by atoms with Gasteiger partial charge in [0.25, 0.3) is 11.5 Å². The van der Waals surface area contributed by atoms with Gasteiger partial charge >= 0.3 is 0 Å². The molecule has 3 aliphatic rings. The molecule has 35 heavy (non-hydrogen) atoms. The van der Waals surface area contributed by atoms with Crippen LogP contribution in [0.25, 0.3) is 11.0 Å². The summed E-state index contributed by atoms with van der Waals surface area (Å²) in [4.78, 5) is 41.3. The maximum Gasteiger partial charge on any atom is 0.268 e. The molecule has 0 aromatic carbocycles. The third-order valence-electron chi connectivity index (χ3n) is 7.04. The average molecular weight is 460 g/mol. The Morgan fingerprint density at radius 3 is 2.66 bits per heavy atom. The van der Waals surface area contributed by atoms with Crippen molar-refractivity contribution in [2.24, 2.45) is 0 Å². The number of aromatic amines is 1. The molecular formula is C24H23B3N6O2. The lowest BCUT2D eigenvalue weighted by Crippen LogP contribution is -2.50. The van der Waals surface area contributed by atoms with E-state index in [2.05, 4.69) is 36.1 Å². The highest BCUT2D eigenvalue weighted by molar-refractivity contribution is 6.60. The van der Waals surface area contributed by atoms with Crippen molar-refractivity contribution in [1.82, 2.24) is 25.2 Å². The van der Waals surface area contributed by atoms with Crippen LogP contribution in [0.1, 0.15) is 46.8 Å². The van der Waals surface area contributed by atoms with E-state index in [1.165, 1.54) is 0 Å². The van der Waals surface area contributed by atoms with Crippen molar-refractivity contribution >= 4 is 46.2 Å². The van der Waals surface area contributed by atoms with Crippen LogP contribution < -0.4 is 15.8 Å². The van der Waals surface area contributed by atoms with E-state index in [0.29, 0.717) is 18.0 Å². The Morgan fingerprint density at radius 2 is 1.94 bits per heavy atom. The fourth-order valence-corrected chi connectivity index (χ4v) is 5.09. The third kappa shape index (κ3) is 4.61. The highest BCUT2D eigenvalue weighted by Gasteiger charge is 2.48. The molecular weight excluding hydrogens is 437 g/mol. The molecule has 2 N–H and O–H groups in total. The van der Waals surface area contributed by atoms with E-state index < -0.39 is 11.1 Å². The second-order valence-electron chi connectivity index (χ2n) is 9.93. The van der Waals surface area contributed by atoms with Gasteiger partial charge in [0, 0.05) is 43.5 Å². The van der Waals surface area contributed by atoms with Crippen molar-refractivity contribution in [3.63, 3.8) is 0 Å². The molecule has 6 rings (SSSR count). The van der Waals surface area contributed by atoms with Gasteiger partial charge in [-0.3, -0.25) is 19.5 Å². The minimum Gasteiger partial charge on any atom is -0.371 e. The molecule has 1 aliphatic heterocycles. The predicted octanol–water partition coefficient (Wildman–Crippen LogP) is 0.505. The lowest BCUT2D eigenvalue weighted by Gasteiger charge is -2.35. The summed E-state index contributed by atoms with van der Waals surface area (Å²) < 4.78 is 0. The number of pyridine rings is 3. The minimum absolute atomic E-state index is 0.0142. The van der Waals surface area contributed by atoms with Crippen LogP contribution >= 0.6 is 0 Å². The van der Waals surface area contributed by atoms with Crippen molar-refractivity contribution in [3.05, 3.63) is 63.8 Å². The molecule has 8 nitrogen and oxygen atoms in total. The van der Waals surface area contributed by atoms with Gasteiger partial charge in [0.2, 0.25) is 0 Å². The molecule has 11 heteroatoms. The van der Waals surface area contributed by atoms with E-state index in [1.54, 1.807) is 12.3 Å². The molecule has 170 valence electrons. The van der Waals surface area contributed by atoms with Gasteiger partial charge < -0.3 is 15.2 Å². The first kappa shape index (κ1) is 22.4. The summed E-state index contributed by atoms with van der Waals surface area (Å²) in [5.74, 6) is -0.120. The molecule has 2 atom stereocenters. The van der Waals surface area contributed by atoms with Crippen LogP contribution in [0.15, 0.2) is 41.5 Å². The number of hydrogen-bond acceptors (Lipinski definition) is 6. The summed E-state index contributed by atoms with van der Waals surface area (Å²) in [5, 5.41) is 0.504. The fourth-order valence-electron chi connectivity index (χ4n) is 5.09. The maximum atomic E-state index is 12.4. The van der Waals surface area contributed by atoms with Crippen molar-refractivity contribution in [2.75, 3.05) is 18.0 Å². The number of rotatable bonds is 6. The number of nitrogens with one attached hydrogen (secondary N) is 2. The van der Waals surface area contributed by atoms with Crippen molar-refractivity contribution < 1.29 is 4.79 Å². The first-order chi connectivity index (χ1) is 16.7. The Labute approximate surface area is 207 Å². The van der Waals surface area contributed by atoms with Crippen LogP contribution in [0, 0.1) is 0 Å². The Morgan fingerprint density at radius 1 is 1.11 bits per heavy atom. The van der Waals surface area contributed by atoms with E-state index in [1.807, 2.05) is 18.3 Å². The van der Waals surface area contributed by atoms with Gasteiger partial charge in [-0.15, -0.1) is 0 Å². The first-order valence-corrected chi connectivity index (χ1v) is 11.9. The number of hydrogen-bond donors (Lipinski definition) is 2. The van der Waals surface area contributed by atoms with Gasteiger partial charge in [0.15, 0.2) is 0 Å². The van der Waals surface area contributed by atoms with E-state index in [9.17, 15) is 9.59 Å². The van der Waals surface area contributed by atoms with E-state index in [0.717, 1.165) is 66.7 Å². The molecule has 1 saturated heterocycles. The largest absolute Gasteiger partial charge is 0.371 e. The number of nitrogens with zero attached hydrogens (tertiary/aromatic N) is 4. The summed E-state index contributed by atoms with van der Waals surface area (Å²) in [7, 11) is 16.3. The molecule has 3 fully saturated rings. The molecule has 6 radical (unpaired) electrons. The standard InChI is InChI=1S/C24H23B3N6O2/c25-24(26,27)31-23(35)17-4-3-15(11-29-17)33-6-5-32(20-9-21(20)33)12-13-7-19-18(28-10-13)8-16(14-1-2-14)22(34)30-19/h3-4,7-8,10-11,14,20-21H,1-2,5-6,9,12H2,(H,30,34)(H,31,35). The minimum atomic E-state index is -1.79. The number of H-pyrrole nitrogens is 1. The van der Waals surface area contributed by atoms with Crippen molar-refractivity contribution in [2.45, 2.75) is 49.0 Å². The molecule has 3 aromatic rings. The fraction of sp³-hybridized carbons (Fsp3) is 0.417. The number of carbonyl (C=O) groups excluding carboxylic acids is 1. The summed E-state index contributed by atoms with van der Waals surface area (Å²) in [6.07, 6.45) is 6.88. The SMILES string of the molecule is [B]C([B])([B])NC(=O)c1ccc(N2CCN(Cc3cnc4cc(C5CC5)c(=O)[nH]c4c3)C3CC32)cn1. The molecule has 0 spiro atoms. The van der Waals surface area contributed by atoms with Gasteiger partial charge in [0.05, 0.1) is 46.5 Å². The highest BCUT2D eigenvalue weighted by Crippen LogP contribution is 2.40. The van der Waals surface area contributed by atoms with Crippen LogP contribution in [0.5, 0.6) is 0 Å². The zero-order chi connectivity index (χ0) is 24.3. The number of anilines is 1. The monoisotopic (exact) mass is 460 g/mol. The second kappa shape index (κ2) is 8.26. The van der Waals surface area contributed by atoms with E-state index in [-0.39, 0.29) is 11.3 Å². The molecule has 0 bridgehead atoms. The molecule has 3 aromatic heterocycles. The van der Waals surface area contributed by atoms with Gasteiger partial charge in [-0.25, -0.2) is 4.98 Å². The Bertz CT molecular complexity index is 1350. The Balaban J connectivity index is 1.11. The zero-order valence-electron chi connectivity index (χ0n) is 19.3. The summed E-state index contributed by atoms with van der Waals surface area (Å²) in [6, 6.07) is 8.40. The Hall–Kier alpha value is -3.07. The molecule has 1 amide bonds. The molecule has 2 saturated carbocycles. The quantitative estimate of drug-likeness (QED) is 0.521. The number of amides is 1. The van der Waals surface area contributed by atoms with Crippen LogP contribution in [0.2, 0.25) is 0 Å². The lowest BCUT2D eigenvalue weighted by molar-refractivity contribution is 0.0947. The number of aromatic nitrogens is 3. The van der Waals surface area contributed by atoms with Crippen LogP contribution in [0.3, 0.4) is 0 Å². The molecule has 2 aliphatic carbocycles. The topological polar surface area (TPSA) is 94.2 Å². The highest BCUT2D eigenvalue weighted by atomic mass is 16.2. The smallest absolute Gasteiger partial charge is 0.268 e. The maximum absolute atomic E-state index is 12.4. The van der Waals surface area contributed by atoms with E-state index >= 15 is 0 Å². The summed E-state index contributed by atoms with van der Waals surface area (Å²) in [5.41, 5.74) is 4.81. The van der Waals surface area contributed by atoms with Crippen molar-refractivity contribution in [3.8, 4) is 0 Å². The normalized spacial score (nSPS) is 22.1. The average Bonchev–Trinajstić information content (AvgIpc) is 3.72. The molecule has 2 unspecified atom stereocenters. The van der Waals surface area contributed by atoms with Crippen molar-refractivity contribution in [1.29, 1.82) is 0 Å². The second-order valence-corrected chi connectivity index (χ2v) is 9.93. The van der Waals surface area contributed by atoms with Crippen LogP contribution in [-0.4, -0.2) is 79.7 Å².